The third-order valence-electron chi connectivity index (χ3n) is 8.89. The molecule has 1 saturated carbocycles. The van der Waals surface area contributed by atoms with Crippen molar-refractivity contribution in [1.29, 1.82) is 0 Å². The topological polar surface area (TPSA) is 108 Å². The number of piperidine rings is 1. The molecule has 2 N–H and O–H groups in total. The second-order valence-electron chi connectivity index (χ2n) is 11.3. The molecule has 3 aromatic rings. The molecular weight excluding hydrogens is 494 g/mol. The van der Waals surface area contributed by atoms with Crippen LogP contribution in [0.4, 0.5) is 0 Å². The minimum Gasteiger partial charge on any atom is -0.489 e. The van der Waals surface area contributed by atoms with Crippen molar-refractivity contribution in [2.75, 3.05) is 13.1 Å². The first-order valence-electron chi connectivity index (χ1n) is 14.1. The van der Waals surface area contributed by atoms with Crippen molar-refractivity contribution in [3.8, 4) is 5.75 Å². The van der Waals surface area contributed by atoms with Crippen molar-refractivity contribution in [1.82, 2.24) is 25.1 Å². The normalized spacial score (nSPS) is 28.2. The van der Waals surface area contributed by atoms with Gasteiger partial charge in [-0.1, -0.05) is 24.6 Å². The van der Waals surface area contributed by atoms with Crippen molar-refractivity contribution < 1.29 is 19.4 Å². The number of hydrogen-bond donors (Lipinski definition) is 2. The predicted octanol–water partition coefficient (Wildman–Crippen LogP) is 3.03. The SMILES string of the molecule is O=C1CCC(N2Cc3cc(O[C@H]4CCCC[C@@H]4N4CC(c5cnc6ccccc6n5)C4)ccc3C2O)C(=O)N1. The van der Waals surface area contributed by atoms with Crippen LogP contribution in [0.5, 0.6) is 5.75 Å². The summed E-state index contributed by atoms with van der Waals surface area (Å²) in [6, 6.07) is 13.7. The molecule has 2 saturated heterocycles. The number of imide groups is 1. The van der Waals surface area contributed by atoms with E-state index in [-0.39, 0.29) is 24.3 Å². The van der Waals surface area contributed by atoms with E-state index in [4.69, 9.17) is 9.72 Å². The van der Waals surface area contributed by atoms with Crippen LogP contribution in [0, 0.1) is 0 Å². The van der Waals surface area contributed by atoms with Crippen molar-refractivity contribution in [3.63, 3.8) is 0 Å². The van der Waals surface area contributed by atoms with Crippen LogP contribution in [-0.2, 0) is 16.1 Å². The number of aliphatic hydroxyl groups is 1. The number of fused-ring (bicyclic) bond motifs is 2. The minimum atomic E-state index is -0.864. The lowest BCUT2D eigenvalue weighted by molar-refractivity contribution is -0.141. The van der Waals surface area contributed by atoms with E-state index in [2.05, 4.69) is 15.2 Å². The molecule has 2 amide bonds. The Balaban J connectivity index is 1.01. The van der Waals surface area contributed by atoms with Gasteiger partial charge < -0.3 is 9.84 Å². The van der Waals surface area contributed by atoms with Gasteiger partial charge >= 0.3 is 0 Å². The molecule has 0 bridgehead atoms. The molecule has 3 fully saturated rings. The number of carbonyl (C=O) groups excluding carboxylic acids is 2. The highest BCUT2D eigenvalue weighted by Crippen LogP contribution is 2.39. The number of nitrogens with zero attached hydrogens (tertiary/aromatic N) is 4. The van der Waals surface area contributed by atoms with Crippen LogP contribution in [0.15, 0.2) is 48.7 Å². The molecule has 2 aromatic carbocycles. The second kappa shape index (κ2) is 9.97. The van der Waals surface area contributed by atoms with Crippen LogP contribution in [0.1, 0.15) is 67.5 Å². The molecule has 9 heteroatoms. The fraction of sp³-hybridized carbons (Fsp3) is 0.467. The van der Waals surface area contributed by atoms with Crippen molar-refractivity contribution >= 4 is 22.8 Å². The molecule has 2 unspecified atom stereocenters. The molecule has 4 atom stereocenters. The highest BCUT2D eigenvalue weighted by atomic mass is 16.5. The van der Waals surface area contributed by atoms with Gasteiger partial charge in [0.1, 0.15) is 18.1 Å². The Morgan fingerprint density at radius 3 is 2.67 bits per heavy atom. The zero-order chi connectivity index (χ0) is 26.5. The van der Waals surface area contributed by atoms with Crippen molar-refractivity contribution in [2.45, 2.75) is 75.4 Å². The van der Waals surface area contributed by atoms with Crippen LogP contribution in [0.3, 0.4) is 0 Å². The summed E-state index contributed by atoms with van der Waals surface area (Å²) in [5.74, 6) is 0.617. The summed E-state index contributed by atoms with van der Waals surface area (Å²) < 4.78 is 6.61. The Kier molecular flexibility index (Phi) is 6.29. The van der Waals surface area contributed by atoms with E-state index in [1.807, 2.05) is 48.7 Å². The molecule has 4 heterocycles. The number of aliphatic hydroxyl groups excluding tert-OH is 1. The zero-order valence-corrected chi connectivity index (χ0v) is 21.8. The van der Waals surface area contributed by atoms with Crippen LogP contribution in [0.2, 0.25) is 0 Å². The molecule has 0 radical (unpaired) electrons. The minimum absolute atomic E-state index is 0.109. The molecule has 3 aliphatic heterocycles. The van der Waals surface area contributed by atoms with Gasteiger partial charge in [-0.05, 0) is 55.5 Å². The molecule has 1 aromatic heterocycles. The van der Waals surface area contributed by atoms with Gasteiger partial charge in [0, 0.05) is 49.8 Å². The first kappa shape index (κ1) is 24.6. The van der Waals surface area contributed by atoms with Gasteiger partial charge in [-0.15, -0.1) is 0 Å². The number of benzene rings is 2. The lowest BCUT2D eigenvalue weighted by Gasteiger charge is -2.48. The number of para-hydroxylation sites is 2. The highest BCUT2D eigenvalue weighted by molar-refractivity contribution is 6.00. The molecule has 9 nitrogen and oxygen atoms in total. The lowest BCUT2D eigenvalue weighted by Crippen LogP contribution is -2.57. The van der Waals surface area contributed by atoms with Crippen molar-refractivity contribution in [3.05, 3.63) is 65.5 Å². The molecule has 4 aliphatic rings. The molecule has 202 valence electrons. The third kappa shape index (κ3) is 4.58. The Morgan fingerprint density at radius 2 is 1.82 bits per heavy atom. The molecule has 1 aliphatic carbocycles. The summed E-state index contributed by atoms with van der Waals surface area (Å²) in [4.78, 5) is 37.7. The van der Waals surface area contributed by atoms with E-state index in [0.717, 1.165) is 66.0 Å². The maximum atomic E-state index is 12.4. The van der Waals surface area contributed by atoms with Gasteiger partial charge in [-0.2, -0.15) is 0 Å². The van der Waals surface area contributed by atoms with E-state index in [9.17, 15) is 14.7 Å². The quantitative estimate of drug-likeness (QED) is 0.488. The Labute approximate surface area is 227 Å². The first-order valence-corrected chi connectivity index (χ1v) is 14.1. The predicted molar refractivity (Wildman–Crippen MR) is 144 cm³/mol. The number of rotatable bonds is 5. The molecule has 39 heavy (non-hydrogen) atoms. The number of aromatic nitrogens is 2. The van der Waals surface area contributed by atoms with Gasteiger partial charge in [-0.3, -0.25) is 29.7 Å². The van der Waals surface area contributed by atoms with Gasteiger partial charge in [-0.25, -0.2) is 4.98 Å². The van der Waals surface area contributed by atoms with Crippen LogP contribution >= 0.6 is 0 Å². The zero-order valence-electron chi connectivity index (χ0n) is 21.8. The number of ether oxygens (including phenoxy) is 1. The van der Waals surface area contributed by atoms with Gasteiger partial charge in [0.25, 0.3) is 0 Å². The number of nitrogens with one attached hydrogen (secondary N) is 1. The standard InChI is InChI=1S/C30H33N5O4/c36-28-12-11-26(29(37)33-28)35-17-18-13-20(9-10-21(18)30(35)38)39-27-8-4-3-7-25(27)34-15-19(16-34)24-14-31-22-5-1-2-6-23(22)32-24/h1-2,5-6,9-10,13-14,19,25-27,30,38H,3-4,7-8,11-12,15-17H2,(H,33,36,37)/t25-,26?,27-,30?/m0/s1. The fourth-order valence-electron chi connectivity index (χ4n) is 6.73. The summed E-state index contributed by atoms with van der Waals surface area (Å²) in [6.07, 6.45) is 6.38. The maximum absolute atomic E-state index is 12.4. The third-order valence-corrected chi connectivity index (χ3v) is 8.89. The number of amides is 2. The summed E-state index contributed by atoms with van der Waals surface area (Å²) in [6.45, 7) is 2.39. The maximum Gasteiger partial charge on any atom is 0.244 e. The Hall–Kier alpha value is -3.40. The lowest BCUT2D eigenvalue weighted by atomic mass is 9.86. The average molecular weight is 528 g/mol. The van der Waals surface area contributed by atoms with E-state index < -0.39 is 12.3 Å². The van der Waals surface area contributed by atoms with Crippen LogP contribution in [0.25, 0.3) is 11.0 Å². The molecule has 7 rings (SSSR count). The van der Waals surface area contributed by atoms with E-state index >= 15 is 0 Å². The summed E-state index contributed by atoms with van der Waals surface area (Å²) in [5.41, 5.74) is 4.71. The molecular formula is C30H33N5O4. The number of hydrogen-bond acceptors (Lipinski definition) is 8. The molecule has 0 spiro atoms. The average Bonchev–Trinajstić information content (AvgIpc) is 3.24. The number of carbonyl (C=O) groups is 2. The van der Waals surface area contributed by atoms with E-state index in [1.165, 1.54) is 6.42 Å². The van der Waals surface area contributed by atoms with Crippen LogP contribution < -0.4 is 10.1 Å². The van der Waals surface area contributed by atoms with Crippen LogP contribution in [-0.4, -0.2) is 68.0 Å². The summed E-state index contributed by atoms with van der Waals surface area (Å²) >= 11 is 0. The van der Waals surface area contributed by atoms with E-state index in [1.54, 1.807) is 4.90 Å². The Bertz CT molecular complexity index is 1420. The number of likely N-dealkylation sites (tertiary alicyclic amines) is 1. The monoisotopic (exact) mass is 527 g/mol. The first-order chi connectivity index (χ1) is 19.0. The Morgan fingerprint density at radius 1 is 1.00 bits per heavy atom. The second-order valence-corrected chi connectivity index (χ2v) is 11.3. The van der Waals surface area contributed by atoms with Crippen molar-refractivity contribution in [2.24, 2.45) is 0 Å². The summed E-state index contributed by atoms with van der Waals surface area (Å²) in [5, 5.41) is 13.3. The largest absolute Gasteiger partial charge is 0.489 e. The van der Waals surface area contributed by atoms with Gasteiger partial charge in [0.15, 0.2) is 0 Å². The van der Waals surface area contributed by atoms with Gasteiger partial charge in [0.05, 0.1) is 22.8 Å². The summed E-state index contributed by atoms with van der Waals surface area (Å²) in [7, 11) is 0. The fourth-order valence-corrected chi connectivity index (χ4v) is 6.73. The highest BCUT2D eigenvalue weighted by Gasteiger charge is 2.41. The van der Waals surface area contributed by atoms with Gasteiger partial charge in [0.2, 0.25) is 11.8 Å². The smallest absolute Gasteiger partial charge is 0.244 e. The van der Waals surface area contributed by atoms with E-state index in [0.29, 0.717) is 24.9 Å².